The van der Waals surface area contributed by atoms with E-state index in [-0.39, 0.29) is 16.9 Å². The van der Waals surface area contributed by atoms with Gasteiger partial charge < -0.3 is 5.73 Å². The Hall–Kier alpha value is -0.600. The van der Waals surface area contributed by atoms with E-state index in [1.165, 1.54) is 31.7 Å². The molecular weight excluding hydrogens is 225 g/mol. The van der Waals surface area contributed by atoms with Gasteiger partial charge in [-0.05, 0) is 42.9 Å². The van der Waals surface area contributed by atoms with Crippen molar-refractivity contribution in [2.45, 2.75) is 38.1 Å². The smallest absolute Gasteiger partial charge is 0.141 e. The zero-order valence-corrected chi connectivity index (χ0v) is 10.0. The lowest BCUT2D eigenvalue weighted by molar-refractivity contribution is 0.429. The van der Waals surface area contributed by atoms with E-state index in [1.54, 1.807) is 12.1 Å². The molecule has 3 heteroatoms. The van der Waals surface area contributed by atoms with E-state index in [2.05, 4.69) is 0 Å². The number of halogens is 2. The normalized spacial score (nSPS) is 18.9. The van der Waals surface area contributed by atoms with Crippen LogP contribution in [0.1, 0.15) is 31.2 Å². The Labute approximate surface area is 101 Å². The molecule has 88 valence electrons. The zero-order chi connectivity index (χ0) is 11.5. The lowest BCUT2D eigenvalue weighted by Crippen LogP contribution is -2.30. The molecule has 2 rings (SSSR count). The fourth-order valence-electron chi connectivity index (χ4n) is 2.49. The van der Waals surface area contributed by atoms with Crippen molar-refractivity contribution in [2.75, 3.05) is 0 Å². The van der Waals surface area contributed by atoms with Gasteiger partial charge in [0.15, 0.2) is 0 Å². The molecule has 0 aliphatic heterocycles. The molecule has 16 heavy (non-hydrogen) atoms. The van der Waals surface area contributed by atoms with Crippen LogP contribution in [-0.2, 0) is 6.42 Å². The van der Waals surface area contributed by atoms with Gasteiger partial charge in [-0.1, -0.05) is 30.5 Å². The van der Waals surface area contributed by atoms with E-state index in [4.69, 9.17) is 17.3 Å². The minimum Gasteiger partial charge on any atom is -0.327 e. The fraction of sp³-hybridized carbons (Fsp3) is 0.538. The Morgan fingerprint density at radius 3 is 2.69 bits per heavy atom. The van der Waals surface area contributed by atoms with E-state index >= 15 is 0 Å². The highest BCUT2D eigenvalue weighted by molar-refractivity contribution is 6.30. The van der Waals surface area contributed by atoms with Crippen LogP contribution < -0.4 is 5.73 Å². The van der Waals surface area contributed by atoms with Gasteiger partial charge in [-0.3, -0.25) is 0 Å². The highest BCUT2D eigenvalue weighted by Gasteiger charge is 2.22. The standard InChI is InChI=1S/C13H17ClFN/c14-11-7-9(5-6-12(11)15)8-13(16)10-3-1-2-4-10/h5-7,10,13H,1-4,8,16H2. The molecule has 0 saturated heterocycles. The summed E-state index contributed by atoms with van der Waals surface area (Å²) in [6.45, 7) is 0. The van der Waals surface area contributed by atoms with Crippen LogP contribution in [0, 0.1) is 11.7 Å². The number of nitrogens with two attached hydrogens (primary N) is 1. The predicted molar refractivity (Wildman–Crippen MR) is 65.0 cm³/mol. The monoisotopic (exact) mass is 241 g/mol. The van der Waals surface area contributed by atoms with Crippen LogP contribution >= 0.6 is 11.6 Å². The van der Waals surface area contributed by atoms with Crippen LogP contribution in [0.3, 0.4) is 0 Å². The van der Waals surface area contributed by atoms with E-state index in [9.17, 15) is 4.39 Å². The zero-order valence-electron chi connectivity index (χ0n) is 9.26. The molecular formula is C13H17ClFN. The lowest BCUT2D eigenvalue weighted by atomic mass is 9.93. The molecule has 1 aromatic rings. The maximum Gasteiger partial charge on any atom is 0.141 e. The summed E-state index contributed by atoms with van der Waals surface area (Å²) >= 11 is 5.74. The summed E-state index contributed by atoms with van der Waals surface area (Å²) < 4.78 is 13.0. The number of rotatable bonds is 3. The van der Waals surface area contributed by atoms with Gasteiger partial charge >= 0.3 is 0 Å². The van der Waals surface area contributed by atoms with Crippen molar-refractivity contribution < 1.29 is 4.39 Å². The summed E-state index contributed by atoms with van der Waals surface area (Å²) in [5.74, 6) is 0.267. The molecule has 0 amide bonds. The van der Waals surface area contributed by atoms with Gasteiger partial charge in [0.25, 0.3) is 0 Å². The van der Waals surface area contributed by atoms with Crippen LogP contribution in [0.2, 0.25) is 5.02 Å². The quantitative estimate of drug-likeness (QED) is 0.861. The Kier molecular flexibility index (Phi) is 3.82. The van der Waals surface area contributed by atoms with Crippen LogP contribution in [0.4, 0.5) is 4.39 Å². The van der Waals surface area contributed by atoms with Crippen molar-refractivity contribution in [1.82, 2.24) is 0 Å². The first-order chi connectivity index (χ1) is 7.66. The lowest BCUT2D eigenvalue weighted by Gasteiger charge is -2.18. The summed E-state index contributed by atoms with van der Waals surface area (Å²) in [7, 11) is 0. The molecule has 0 spiro atoms. The molecule has 0 heterocycles. The van der Waals surface area contributed by atoms with Gasteiger partial charge in [0, 0.05) is 6.04 Å². The van der Waals surface area contributed by atoms with Gasteiger partial charge in [0.1, 0.15) is 5.82 Å². The number of hydrogen-bond donors (Lipinski definition) is 1. The topological polar surface area (TPSA) is 26.0 Å². The molecule has 1 aromatic carbocycles. The van der Waals surface area contributed by atoms with Gasteiger partial charge in [0.2, 0.25) is 0 Å². The van der Waals surface area contributed by atoms with Crippen molar-refractivity contribution in [2.24, 2.45) is 11.7 Å². The molecule has 1 aliphatic carbocycles. The fourth-order valence-corrected chi connectivity index (χ4v) is 2.69. The third kappa shape index (κ3) is 2.74. The highest BCUT2D eigenvalue weighted by Crippen LogP contribution is 2.28. The third-order valence-electron chi connectivity index (χ3n) is 3.46. The summed E-state index contributed by atoms with van der Waals surface area (Å²) in [4.78, 5) is 0. The van der Waals surface area contributed by atoms with Crippen molar-refractivity contribution in [3.05, 3.63) is 34.6 Å². The Bertz CT molecular complexity index is 361. The Morgan fingerprint density at radius 1 is 1.38 bits per heavy atom. The molecule has 1 saturated carbocycles. The predicted octanol–water partition coefficient (Wildman–Crippen LogP) is 3.54. The van der Waals surface area contributed by atoms with E-state index in [0.717, 1.165) is 12.0 Å². The number of benzene rings is 1. The molecule has 1 atom stereocenters. The third-order valence-corrected chi connectivity index (χ3v) is 3.75. The molecule has 0 aromatic heterocycles. The second-order valence-electron chi connectivity index (χ2n) is 4.66. The molecule has 0 radical (unpaired) electrons. The minimum atomic E-state index is -0.361. The summed E-state index contributed by atoms with van der Waals surface area (Å²) in [6, 6.07) is 5.06. The van der Waals surface area contributed by atoms with E-state index < -0.39 is 0 Å². The molecule has 2 N–H and O–H groups in total. The summed E-state index contributed by atoms with van der Waals surface area (Å²) in [5.41, 5.74) is 7.20. The first-order valence-electron chi connectivity index (χ1n) is 5.86. The first kappa shape index (κ1) is 11.9. The minimum absolute atomic E-state index is 0.184. The maximum atomic E-state index is 13.0. The summed E-state index contributed by atoms with van der Waals surface area (Å²) in [6.07, 6.45) is 5.85. The van der Waals surface area contributed by atoms with Crippen molar-refractivity contribution in [3.8, 4) is 0 Å². The Balaban J connectivity index is 1.99. The maximum absolute atomic E-state index is 13.0. The van der Waals surface area contributed by atoms with Crippen molar-refractivity contribution in [3.63, 3.8) is 0 Å². The van der Waals surface area contributed by atoms with Gasteiger partial charge in [-0.25, -0.2) is 4.39 Å². The Morgan fingerprint density at radius 2 is 2.06 bits per heavy atom. The van der Waals surface area contributed by atoms with E-state index in [1.807, 2.05) is 0 Å². The van der Waals surface area contributed by atoms with Gasteiger partial charge in [0.05, 0.1) is 5.02 Å². The first-order valence-corrected chi connectivity index (χ1v) is 6.24. The largest absolute Gasteiger partial charge is 0.327 e. The molecule has 1 nitrogen and oxygen atoms in total. The SMILES string of the molecule is NC(Cc1ccc(F)c(Cl)c1)C1CCCC1. The van der Waals surface area contributed by atoms with Gasteiger partial charge in [-0.2, -0.15) is 0 Å². The van der Waals surface area contributed by atoms with Crippen LogP contribution in [0.15, 0.2) is 18.2 Å². The summed E-state index contributed by atoms with van der Waals surface area (Å²) in [5, 5.41) is 0.191. The van der Waals surface area contributed by atoms with Crippen LogP contribution in [0.25, 0.3) is 0 Å². The second kappa shape index (κ2) is 5.15. The second-order valence-corrected chi connectivity index (χ2v) is 5.07. The average Bonchev–Trinajstić information content (AvgIpc) is 2.77. The van der Waals surface area contributed by atoms with Crippen LogP contribution in [0.5, 0.6) is 0 Å². The van der Waals surface area contributed by atoms with E-state index in [0.29, 0.717) is 5.92 Å². The molecule has 1 fully saturated rings. The van der Waals surface area contributed by atoms with Gasteiger partial charge in [-0.15, -0.1) is 0 Å². The van der Waals surface area contributed by atoms with Crippen LogP contribution in [-0.4, -0.2) is 6.04 Å². The highest BCUT2D eigenvalue weighted by atomic mass is 35.5. The van der Waals surface area contributed by atoms with Crippen molar-refractivity contribution in [1.29, 1.82) is 0 Å². The van der Waals surface area contributed by atoms with Crippen molar-refractivity contribution >= 4 is 11.6 Å². The molecule has 1 unspecified atom stereocenters. The number of hydrogen-bond acceptors (Lipinski definition) is 1. The molecule has 1 aliphatic rings. The molecule has 0 bridgehead atoms. The average molecular weight is 242 g/mol.